The van der Waals surface area contributed by atoms with E-state index in [-0.39, 0.29) is 5.78 Å². The Kier molecular flexibility index (Phi) is 5.85. The number of aromatic nitrogens is 3. The van der Waals surface area contributed by atoms with Crippen LogP contribution in [0.1, 0.15) is 15.9 Å². The second-order valence-electron chi connectivity index (χ2n) is 5.95. The van der Waals surface area contributed by atoms with Crippen LogP contribution in [0.3, 0.4) is 0 Å². The first-order chi connectivity index (χ1) is 14.1. The molecular formula is C21H13Cl2N3O2S. The van der Waals surface area contributed by atoms with Crippen LogP contribution in [0.5, 0.6) is 11.5 Å². The first-order valence-electron chi connectivity index (χ1n) is 8.51. The van der Waals surface area contributed by atoms with Gasteiger partial charge in [-0.1, -0.05) is 28.4 Å². The third kappa shape index (κ3) is 4.79. The molecule has 1 aromatic heterocycles. The molecule has 0 saturated heterocycles. The van der Waals surface area contributed by atoms with Gasteiger partial charge in [-0.25, -0.2) is 0 Å². The second kappa shape index (κ2) is 8.69. The molecule has 4 aromatic rings. The molecule has 0 amide bonds. The Bertz CT molecular complexity index is 1130. The highest BCUT2D eigenvalue weighted by atomic mass is 35.5. The van der Waals surface area contributed by atoms with Crippen molar-refractivity contribution in [3.8, 4) is 11.5 Å². The number of hydrogen-bond acceptors (Lipinski definition) is 5. The molecule has 0 fully saturated rings. The number of ether oxygens (including phenoxy) is 1. The molecule has 29 heavy (non-hydrogen) atoms. The maximum Gasteiger partial charge on any atom is 0.194 e. The molecule has 0 bridgehead atoms. The molecule has 144 valence electrons. The Morgan fingerprint density at radius 3 is 2.28 bits per heavy atom. The molecular weight excluding hydrogens is 429 g/mol. The van der Waals surface area contributed by atoms with E-state index in [1.165, 1.54) is 11.9 Å². The van der Waals surface area contributed by atoms with Crippen LogP contribution in [-0.4, -0.2) is 20.2 Å². The molecule has 5 nitrogen and oxygen atoms in total. The maximum atomic E-state index is 12.7. The van der Waals surface area contributed by atoms with Gasteiger partial charge in [0, 0.05) is 33.0 Å². The van der Waals surface area contributed by atoms with Crippen molar-refractivity contribution in [2.45, 2.75) is 4.90 Å². The number of hydrogen-bond donors (Lipinski definition) is 0. The van der Waals surface area contributed by atoms with Crippen LogP contribution in [0.4, 0.5) is 0 Å². The number of rotatable bonds is 6. The van der Waals surface area contributed by atoms with Crippen molar-refractivity contribution in [2.75, 3.05) is 0 Å². The molecule has 1 heterocycles. The number of benzene rings is 3. The largest absolute Gasteiger partial charge is 0.457 e. The lowest BCUT2D eigenvalue weighted by Gasteiger charge is -2.08. The predicted molar refractivity (Wildman–Crippen MR) is 114 cm³/mol. The molecule has 0 N–H and O–H groups in total. The van der Waals surface area contributed by atoms with Crippen LogP contribution in [0, 0.1) is 0 Å². The van der Waals surface area contributed by atoms with Gasteiger partial charge >= 0.3 is 0 Å². The average Bonchev–Trinajstić information content (AvgIpc) is 3.24. The van der Waals surface area contributed by atoms with E-state index in [0.717, 1.165) is 4.90 Å². The highest BCUT2D eigenvalue weighted by molar-refractivity contribution is 7.97. The normalized spacial score (nSPS) is 10.7. The predicted octanol–water partition coefficient (Wildman–Crippen LogP) is 6.16. The van der Waals surface area contributed by atoms with Crippen molar-refractivity contribution < 1.29 is 9.53 Å². The van der Waals surface area contributed by atoms with Gasteiger partial charge in [-0.15, -0.1) is 5.10 Å². The summed E-state index contributed by atoms with van der Waals surface area (Å²) in [6, 6.07) is 19.3. The van der Waals surface area contributed by atoms with Crippen LogP contribution in [0.15, 0.2) is 84.0 Å². The SMILES string of the molecule is O=C(c1ccc(Oc2ccc(Sn3ccnn3)cc2)cc1)c1cc(Cl)ccc1Cl. The summed E-state index contributed by atoms with van der Waals surface area (Å²) in [7, 11) is 0. The molecule has 3 aromatic carbocycles. The van der Waals surface area contributed by atoms with Crippen LogP contribution in [0.25, 0.3) is 0 Å². The fourth-order valence-corrected chi connectivity index (χ4v) is 3.60. The minimum Gasteiger partial charge on any atom is -0.457 e. The minimum absolute atomic E-state index is 0.196. The Morgan fingerprint density at radius 2 is 1.62 bits per heavy atom. The van der Waals surface area contributed by atoms with Crippen LogP contribution in [-0.2, 0) is 0 Å². The summed E-state index contributed by atoms with van der Waals surface area (Å²) >= 11 is 13.5. The Morgan fingerprint density at radius 1 is 0.931 bits per heavy atom. The number of nitrogens with zero attached hydrogens (tertiary/aromatic N) is 3. The van der Waals surface area contributed by atoms with Gasteiger partial charge in [0.1, 0.15) is 11.5 Å². The minimum atomic E-state index is -0.196. The topological polar surface area (TPSA) is 57.0 Å². The lowest BCUT2D eigenvalue weighted by Crippen LogP contribution is -2.02. The highest BCUT2D eigenvalue weighted by Crippen LogP contribution is 2.27. The number of ketones is 1. The summed E-state index contributed by atoms with van der Waals surface area (Å²) in [5, 5.41) is 8.51. The summed E-state index contributed by atoms with van der Waals surface area (Å²) in [6.45, 7) is 0. The second-order valence-corrected chi connectivity index (χ2v) is 7.82. The summed E-state index contributed by atoms with van der Waals surface area (Å²) in [5.74, 6) is 1.11. The van der Waals surface area contributed by atoms with E-state index in [1.807, 2.05) is 24.3 Å². The van der Waals surface area contributed by atoms with Gasteiger partial charge in [-0.2, -0.15) is 4.09 Å². The van der Waals surface area contributed by atoms with Gasteiger partial charge in [0.15, 0.2) is 5.78 Å². The standard InChI is InChI=1S/C21H13Cl2N3O2S/c22-15-3-10-20(23)19(13-15)21(27)14-1-4-16(5-2-14)28-17-6-8-18(9-7-17)29-26-12-11-24-25-26/h1-13H. The van der Waals surface area contributed by atoms with Crippen molar-refractivity contribution in [1.29, 1.82) is 0 Å². The first-order valence-corrected chi connectivity index (χ1v) is 10.0. The van der Waals surface area contributed by atoms with E-state index < -0.39 is 0 Å². The third-order valence-corrected chi connectivity index (χ3v) is 5.38. The van der Waals surface area contributed by atoms with E-state index in [4.69, 9.17) is 27.9 Å². The third-order valence-electron chi connectivity index (χ3n) is 3.95. The van der Waals surface area contributed by atoms with Crippen molar-refractivity contribution in [2.24, 2.45) is 0 Å². The monoisotopic (exact) mass is 441 g/mol. The molecule has 0 saturated carbocycles. The molecule has 0 unspecified atom stereocenters. The smallest absolute Gasteiger partial charge is 0.194 e. The van der Waals surface area contributed by atoms with E-state index >= 15 is 0 Å². The molecule has 0 aliphatic carbocycles. The van der Waals surface area contributed by atoms with E-state index in [0.29, 0.717) is 32.7 Å². The zero-order valence-electron chi connectivity index (χ0n) is 14.8. The number of carbonyl (C=O) groups is 1. The van der Waals surface area contributed by atoms with Crippen LogP contribution < -0.4 is 4.74 Å². The average molecular weight is 442 g/mol. The zero-order chi connectivity index (χ0) is 20.2. The Balaban J connectivity index is 1.44. The maximum absolute atomic E-state index is 12.7. The van der Waals surface area contributed by atoms with Gasteiger partial charge in [0.25, 0.3) is 0 Å². The van der Waals surface area contributed by atoms with Gasteiger partial charge in [0.05, 0.1) is 17.4 Å². The number of halogens is 2. The zero-order valence-corrected chi connectivity index (χ0v) is 17.2. The van der Waals surface area contributed by atoms with Crippen molar-refractivity contribution in [3.05, 3.63) is 100 Å². The molecule has 0 aliphatic rings. The number of carbonyl (C=O) groups excluding carboxylic acids is 1. The van der Waals surface area contributed by atoms with Crippen molar-refractivity contribution in [1.82, 2.24) is 14.4 Å². The van der Waals surface area contributed by atoms with E-state index in [9.17, 15) is 4.79 Å². The summed E-state index contributed by atoms with van der Waals surface area (Å²) in [6.07, 6.45) is 3.40. The first kappa shape index (κ1) is 19.5. The van der Waals surface area contributed by atoms with E-state index in [1.54, 1.807) is 58.9 Å². The molecule has 0 aliphatic heterocycles. The molecule has 4 rings (SSSR count). The van der Waals surface area contributed by atoms with Gasteiger partial charge in [-0.05, 0) is 66.7 Å². The summed E-state index contributed by atoms with van der Waals surface area (Å²) in [5.41, 5.74) is 0.870. The van der Waals surface area contributed by atoms with Gasteiger partial charge in [0.2, 0.25) is 0 Å². The quantitative estimate of drug-likeness (QED) is 0.335. The van der Waals surface area contributed by atoms with Crippen molar-refractivity contribution >= 4 is 40.9 Å². The highest BCUT2D eigenvalue weighted by Gasteiger charge is 2.13. The van der Waals surface area contributed by atoms with Gasteiger partial charge in [-0.3, -0.25) is 4.79 Å². The molecule has 0 atom stereocenters. The summed E-state index contributed by atoms with van der Waals surface area (Å²) in [4.78, 5) is 13.7. The van der Waals surface area contributed by atoms with Crippen LogP contribution >= 0.6 is 35.1 Å². The van der Waals surface area contributed by atoms with Crippen LogP contribution in [0.2, 0.25) is 10.0 Å². The molecule has 0 radical (unpaired) electrons. The molecule has 0 spiro atoms. The fourth-order valence-electron chi connectivity index (χ4n) is 2.56. The summed E-state index contributed by atoms with van der Waals surface area (Å²) < 4.78 is 7.51. The lowest BCUT2D eigenvalue weighted by atomic mass is 10.0. The Hall–Kier alpha value is -2.80. The van der Waals surface area contributed by atoms with E-state index in [2.05, 4.69) is 10.3 Å². The lowest BCUT2D eigenvalue weighted by molar-refractivity contribution is 0.103. The fraction of sp³-hybridized carbons (Fsp3) is 0. The molecule has 8 heteroatoms. The van der Waals surface area contributed by atoms with Gasteiger partial charge < -0.3 is 4.74 Å². The van der Waals surface area contributed by atoms with Crippen molar-refractivity contribution in [3.63, 3.8) is 0 Å². The Labute approximate surface area is 181 Å².